The number of carbonyl (C=O) groups is 1. The van der Waals surface area contributed by atoms with Gasteiger partial charge in [0.15, 0.2) is 0 Å². The van der Waals surface area contributed by atoms with E-state index >= 15 is 0 Å². The Hall–Kier alpha value is -2.72. The zero-order valence-electron chi connectivity index (χ0n) is 13.2. The molecule has 1 heterocycles. The van der Waals surface area contributed by atoms with Crippen molar-refractivity contribution in [2.45, 2.75) is 16.7 Å². The molecule has 4 heteroatoms. The van der Waals surface area contributed by atoms with Gasteiger partial charge in [-0.1, -0.05) is 53.7 Å². The number of anilines is 3. The van der Waals surface area contributed by atoms with Crippen molar-refractivity contribution in [3.63, 3.8) is 0 Å². The fourth-order valence-corrected chi connectivity index (χ4v) is 3.80. The van der Waals surface area contributed by atoms with Crippen molar-refractivity contribution in [3.05, 3.63) is 78.4 Å². The van der Waals surface area contributed by atoms with Crippen LogP contribution in [0.25, 0.3) is 0 Å². The van der Waals surface area contributed by atoms with Crippen LogP contribution in [0, 0.1) is 6.92 Å². The Kier molecular flexibility index (Phi) is 3.75. The number of hydrogen-bond donors (Lipinski definition) is 1. The smallest absolute Gasteiger partial charge is 0.307 e. The fraction of sp³-hybridized carbons (Fsp3) is 0.0500. The van der Waals surface area contributed by atoms with Crippen molar-refractivity contribution in [3.8, 4) is 0 Å². The summed E-state index contributed by atoms with van der Waals surface area (Å²) in [6.45, 7) is 2.03. The molecule has 0 bridgehead atoms. The summed E-state index contributed by atoms with van der Waals surface area (Å²) in [4.78, 5) is 16.9. The summed E-state index contributed by atoms with van der Waals surface area (Å²) in [5.41, 5.74) is 3.77. The van der Waals surface area contributed by atoms with Crippen LogP contribution in [0.2, 0.25) is 0 Å². The van der Waals surface area contributed by atoms with Crippen LogP contribution >= 0.6 is 11.8 Å². The number of benzene rings is 3. The van der Waals surface area contributed by atoms with Crippen molar-refractivity contribution >= 4 is 34.9 Å². The molecule has 3 nitrogen and oxygen atoms in total. The van der Waals surface area contributed by atoms with Crippen LogP contribution in [0.1, 0.15) is 5.56 Å². The standard InChI is InChI=1S/C20H16N2OS/c1-14-10-12-15(13-11-14)21-20(23)22-16-6-2-4-8-18(16)24-19-9-5-3-7-17(19)22/h2-13H,1H3,(H,21,23). The van der Waals surface area contributed by atoms with E-state index in [1.54, 1.807) is 16.7 Å². The molecule has 0 unspecified atom stereocenters. The molecule has 0 saturated carbocycles. The number of hydrogen-bond acceptors (Lipinski definition) is 2. The van der Waals surface area contributed by atoms with Gasteiger partial charge in [0.1, 0.15) is 0 Å². The third-order valence-corrected chi connectivity index (χ3v) is 5.07. The molecule has 0 radical (unpaired) electrons. The van der Waals surface area contributed by atoms with Crippen LogP contribution in [0.5, 0.6) is 0 Å². The van der Waals surface area contributed by atoms with Gasteiger partial charge in [0.05, 0.1) is 11.4 Å². The third-order valence-electron chi connectivity index (χ3n) is 3.94. The number of amides is 2. The molecule has 0 spiro atoms. The van der Waals surface area contributed by atoms with E-state index in [0.717, 1.165) is 32.4 Å². The number of nitrogens with one attached hydrogen (secondary N) is 1. The van der Waals surface area contributed by atoms with Crippen LogP contribution in [-0.2, 0) is 0 Å². The van der Waals surface area contributed by atoms with Crippen LogP contribution < -0.4 is 10.2 Å². The summed E-state index contributed by atoms with van der Waals surface area (Å²) in [6, 6.07) is 23.6. The van der Waals surface area contributed by atoms with Gasteiger partial charge in [-0.3, -0.25) is 4.90 Å². The Bertz CT molecular complexity index is 860. The minimum atomic E-state index is -0.154. The van der Waals surface area contributed by atoms with Gasteiger partial charge in [-0.25, -0.2) is 4.79 Å². The normalized spacial score (nSPS) is 12.3. The highest BCUT2D eigenvalue weighted by molar-refractivity contribution is 7.99. The van der Waals surface area contributed by atoms with E-state index in [-0.39, 0.29) is 6.03 Å². The maximum Gasteiger partial charge on any atom is 0.331 e. The second-order valence-corrected chi connectivity index (χ2v) is 6.75. The van der Waals surface area contributed by atoms with Crippen molar-refractivity contribution in [1.29, 1.82) is 0 Å². The quantitative estimate of drug-likeness (QED) is 0.608. The lowest BCUT2D eigenvalue weighted by molar-refractivity contribution is 0.259. The van der Waals surface area contributed by atoms with Crippen LogP contribution in [0.15, 0.2) is 82.6 Å². The second-order valence-electron chi connectivity index (χ2n) is 5.67. The monoisotopic (exact) mass is 332 g/mol. The van der Waals surface area contributed by atoms with Crippen LogP contribution in [-0.4, -0.2) is 6.03 Å². The van der Waals surface area contributed by atoms with E-state index in [2.05, 4.69) is 5.32 Å². The van der Waals surface area contributed by atoms with Gasteiger partial charge >= 0.3 is 6.03 Å². The van der Waals surface area contributed by atoms with Crippen LogP contribution in [0.3, 0.4) is 0 Å². The third kappa shape index (κ3) is 2.65. The Morgan fingerprint density at radius 3 is 1.96 bits per heavy atom. The number of urea groups is 1. The zero-order valence-corrected chi connectivity index (χ0v) is 14.0. The highest BCUT2D eigenvalue weighted by atomic mass is 32.2. The summed E-state index contributed by atoms with van der Waals surface area (Å²) in [7, 11) is 0. The Labute approximate surface area is 145 Å². The van der Waals surface area contributed by atoms with Gasteiger partial charge < -0.3 is 5.32 Å². The molecule has 0 aliphatic carbocycles. The predicted octanol–water partition coefficient (Wildman–Crippen LogP) is 5.83. The van der Waals surface area contributed by atoms with E-state index in [9.17, 15) is 4.79 Å². The largest absolute Gasteiger partial charge is 0.331 e. The molecule has 0 saturated heterocycles. The van der Waals surface area contributed by atoms with Gasteiger partial charge in [0, 0.05) is 15.5 Å². The minimum Gasteiger partial charge on any atom is -0.307 e. The summed E-state index contributed by atoms with van der Waals surface area (Å²) in [6.07, 6.45) is 0. The van der Waals surface area contributed by atoms with Crippen LogP contribution in [0.4, 0.5) is 21.9 Å². The number of para-hydroxylation sites is 2. The van der Waals surface area contributed by atoms with Crippen molar-refractivity contribution in [2.75, 3.05) is 10.2 Å². The van der Waals surface area contributed by atoms with Gasteiger partial charge in [-0.05, 0) is 43.3 Å². The Morgan fingerprint density at radius 2 is 1.38 bits per heavy atom. The number of fused-ring (bicyclic) bond motifs is 2. The summed E-state index contributed by atoms with van der Waals surface area (Å²) >= 11 is 1.69. The first-order valence-corrected chi connectivity index (χ1v) is 8.58. The molecule has 2 amide bonds. The van der Waals surface area contributed by atoms with E-state index in [0.29, 0.717) is 0 Å². The second kappa shape index (κ2) is 6.06. The lowest BCUT2D eigenvalue weighted by Gasteiger charge is -2.31. The van der Waals surface area contributed by atoms with E-state index in [1.165, 1.54) is 0 Å². The van der Waals surface area contributed by atoms with Crippen molar-refractivity contribution < 1.29 is 4.79 Å². The predicted molar refractivity (Wildman–Crippen MR) is 99.3 cm³/mol. The first kappa shape index (κ1) is 14.8. The molecule has 24 heavy (non-hydrogen) atoms. The zero-order chi connectivity index (χ0) is 16.5. The SMILES string of the molecule is Cc1ccc(NC(=O)N2c3ccccc3Sc3ccccc32)cc1. The average molecular weight is 332 g/mol. The van der Waals surface area contributed by atoms with Gasteiger partial charge in [-0.15, -0.1) is 0 Å². The number of aryl methyl sites for hydroxylation is 1. The van der Waals surface area contributed by atoms with Crippen molar-refractivity contribution in [2.24, 2.45) is 0 Å². The number of rotatable bonds is 1. The topological polar surface area (TPSA) is 32.3 Å². The summed E-state index contributed by atoms with van der Waals surface area (Å²) in [5.74, 6) is 0. The number of carbonyl (C=O) groups excluding carboxylic acids is 1. The van der Waals surface area contributed by atoms with E-state index in [4.69, 9.17) is 0 Å². The maximum absolute atomic E-state index is 13.0. The minimum absolute atomic E-state index is 0.154. The molecule has 0 aromatic heterocycles. The summed E-state index contributed by atoms with van der Waals surface area (Å²) in [5, 5.41) is 3.00. The first-order chi connectivity index (χ1) is 11.7. The lowest BCUT2D eigenvalue weighted by Crippen LogP contribution is -2.32. The molecule has 3 aromatic rings. The molecule has 1 aliphatic rings. The lowest BCUT2D eigenvalue weighted by atomic mass is 10.2. The first-order valence-electron chi connectivity index (χ1n) is 7.76. The van der Waals surface area contributed by atoms with Crippen molar-refractivity contribution in [1.82, 2.24) is 0 Å². The summed E-state index contributed by atoms with van der Waals surface area (Å²) < 4.78 is 0. The fourth-order valence-electron chi connectivity index (χ4n) is 2.74. The van der Waals surface area contributed by atoms with Gasteiger partial charge in [-0.2, -0.15) is 0 Å². The molecule has 4 rings (SSSR count). The van der Waals surface area contributed by atoms with Gasteiger partial charge in [0.25, 0.3) is 0 Å². The molecule has 3 aromatic carbocycles. The Balaban J connectivity index is 1.74. The van der Waals surface area contributed by atoms with E-state index in [1.807, 2.05) is 79.7 Å². The van der Waals surface area contributed by atoms with Gasteiger partial charge in [0.2, 0.25) is 0 Å². The molecular formula is C20H16N2OS. The molecule has 1 N–H and O–H groups in total. The molecule has 0 atom stereocenters. The Morgan fingerprint density at radius 1 is 0.833 bits per heavy atom. The van der Waals surface area contributed by atoms with E-state index < -0.39 is 0 Å². The highest BCUT2D eigenvalue weighted by Crippen LogP contribution is 2.47. The number of nitrogens with zero attached hydrogens (tertiary/aromatic N) is 1. The molecular weight excluding hydrogens is 316 g/mol. The highest BCUT2D eigenvalue weighted by Gasteiger charge is 2.27. The maximum atomic E-state index is 13.0. The molecule has 1 aliphatic heterocycles. The molecule has 0 fully saturated rings. The average Bonchev–Trinajstić information content (AvgIpc) is 2.61. The molecule has 118 valence electrons.